The summed E-state index contributed by atoms with van der Waals surface area (Å²) in [5.74, 6) is 0.622. The summed E-state index contributed by atoms with van der Waals surface area (Å²) in [4.78, 5) is 1.30. The Morgan fingerprint density at radius 1 is 1.42 bits per heavy atom. The minimum absolute atomic E-state index is 0.217. The lowest BCUT2D eigenvalue weighted by Crippen LogP contribution is -2.42. The molecule has 0 aliphatic heterocycles. The van der Waals surface area contributed by atoms with Gasteiger partial charge in [0.25, 0.3) is 0 Å². The molecule has 0 spiro atoms. The molecule has 1 aromatic heterocycles. The van der Waals surface area contributed by atoms with Crippen molar-refractivity contribution in [3.8, 4) is 0 Å². The summed E-state index contributed by atoms with van der Waals surface area (Å²) in [5.41, 5.74) is 0. The molecular formula is C14H22BrNOS2. The molecule has 1 heterocycles. The lowest BCUT2D eigenvalue weighted by atomic mass is 9.98. The summed E-state index contributed by atoms with van der Waals surface area (Å²) < 4.78 is 16.7. The van der Waals surface area contributed by atoms with Crippen LogP contribution in [0.15, 0.2) is 15.9 Å². The highest BCUT2D eigenvalue weighted by molar-refractivity contribution is 9.10. The van der Waals surface area contributed by atoms with Gasteiger partial charge in [-0.15, -0.1) is 16.1 Å². The Morgan fingerprint density at radius 2 is 2.05 bits per heavy atom. The first-order chi connectivity index (χ1) is 8.88. The van der Waals surface area contributed by atoms with Gasteiger partial charge < -0.3 is 4.55 Å². The Hall–Kier alpha value is 0.450. The molecule has 108 valence electrons. The molecule has 1 unspecified atom stereocenters. The fourth-order valence-corrected chi connectivity index (χ4v) is 5.03. The summed E-state index contributed by atoms with van der Waals surface area (Å²) in [6.07, 6.45) is 5.10. The van der Waals surface area contributed by atoms with Crippen LogP contribution in [0.25, 0.3) is 0 Å². The van der Waals surface area contributed by atoms with Crippen LogP contribution >= 0.6 is 27.3 Å². The summed E-state index contributed by atoms with van der Waals surface area (Å²) in [6.45, 7) is 6.06. The standard InChI is InChI=1S/C14H22BrNOS2/c1-14(2,3)19(17)16-13(10-6-4-5-7-10)12-8-11(15)9-18-12/h8-10,13,16H,4-7H2,1-3H3/t13?,19-/m0/s1. The van der Waals surface area contributed by atoms with Gasteiger partial charge in [-0.3, -0.25) is 0 Å². The van der Waals surface area contributed by atoms with E-state index in [4.69, 9.17) is 0 Å². The van der Waals surface area contributed by atoms with E-state index in [1.165, 1.54) is 30.6 Å². The van der Waals surface area contributed by atoms with Crippen LogP contribution in [0.2, 0.25) is 0 Å². The Balaban J connectivity index is 2.15. The summed E-state index contributed by atoms with van der Waals surface area (Å²) >= 11 is 4.26. The zero-order chi connectivity index (χ0) is 14.0. The van der Waals surface area contributed by atoms with Crippen molar-refractivity contribution in [1.82, 2.24) is 4.72 Å². The van der Waals surface area contributed by atoms with E-state index in [-0.39, 0.29) is 10.8 Å². The first-order valence-electron chi connectivity index (χ1n) is 6.80. The first-order valence-corrected chi connectivity index (χ1v) is 9.62. The molecule has 1 saturated carbocycles. The van der Waals surface area contributed by atoms with Crippen molar-refractivity contribution in [2.24, 2.45) is 5.92 Å². The minimum atomic E-state index is -1.01. The number of nitrogens with one attached hydrogen (secondary N) is 1. The van der Waals surface area contributed by atoms with Gasteiger partial charge in [0.1, 0.15) is 4.75 Å². The molecule has 0 bridgehead atoms. The molecule has 1 N–H and O–H groups in total. The highest BCUT2D eigenvalue weighted by Gasteiger charge is 2.35. The number of halogens is 1. The third-order valence-corrected chi connectivity index (χ3v) is 6.91. The highest BCUT2D eigenvalue weighted by Crippen LogP contribution is 2.39. The topological polar surface area (TPSA) is 35.1 Å². The van der Waals surface area contributed by atoms with Crippen molar-refractivity contribution in [3.63, 3.8) is 0 Å². The van der Waals surface area contributed by atoms with Crippen molar-refractivity contribution in [1.29, 1.82) is 0 Å². The maximum absolute atomic E-state index is 12.4. The molecule has 2 nitrogen and oxygen atoms in total. The molecule has 0 aromatic carbocycles. The number of thiophene rings is 1. The van der Waals surface area contributed by atoms with Crippen molar-refractivity contribution in [2.75, 3.05) is 0 Å². The van der Waals surface area contributed by atoms with Crippen molar-refractivity contribution in [2.45, 2.75) is 57.2 Å². The van der Waals surface area contributed by atoms with E-state index in [2.05, 4.69) is 32.1 Å². The molecule has 0 amide bonds. The third-order valence-electron chi connectivity index (χ3n) is 3.56. The molecule has 0 radical (unpaired) electrons. The normalized spacial score (nSPS) is 20.7. The van der Waals surface area contributed by atoms with Gasteiger partial charge in [-0.2, -0.15) is 0 Å². The fourth-order valence-electron chi connectivity index (χ4n) is 2.46. The van der Waals surface area contributed by atoms with Crippen LogP contribution in [0, 0.1) is 5.92 Å². The molecule has 1 fully saturated rings. The van der Waals surface area contributed by atoms with Crippen molar-refractivity contribution < 1.29 is 4.55 Å². The summed E-state index contributed by atoms with van der Waals surface area (Å²) in [6, 6.07) is 2.40. The Bertz CT molecular complexity index is 410. The third kappa shape index (κ3) is 4.21. The van der Waals surface area contributed by atoms with Gasteiger partial charge in [-0.25, -0.2) is 0 Å². The average Bonchev–Trinajstić information content (AvgIpc) is 2.95. The second-order valence-corrected chi connectivity index (χ2v) is 10.0. The van der Waals surface area contributed by atoms with Gasteiger partial charge in [-0.05, 0) is 61.5 Å². The number of rotatable bonds is 4. The van der Waals surface area contributed by atoms with E-state index < -0.39 is 11.4 Å². The van der Waals surface area contributed by atoms with Crippen molar-refractivity contribution in [3.05, 3.63) is 20.8 Å². The quantitative estimate of drug-likeness (QED) is 0.780. The van der Waals surface area contributed by atoms with Gasteiger partial charge >= 0.3 is 0 Å². The molecular weight excluding hydrogens is 342 g/mol. The second-order valence-electron chi connectivity index (χ2n) is 6.19. The van der Waals surface area contributed by atoms with Gasteiger partial charge in [0, 0.05) is 26.1 Å². The molecule has 19 heavy (non-hydrogen) atoms. The molecule has 2 rings (SSSR count). The monoisotopic (exact) mass is 363 g/mol. The van der Waals surface area contributed by atoms with E-state index in [1.54, 1.807) is 11.3 Å². The molecule has 1 aromatic rings. The van der Waals surface area contributed by atoms with E-state index in [9.17, 15) is 4.55 Å². The molecule has 2 atom stereocenters. The van der Waals surface area contributed by atoms with Gasteiger partial charge in [-0.1, -0.05) is 12.8 Å². The largest absolute Gasteiger partial charge is 0.598 e. The predicted molar refractivity (Wildman–Crippen MR) is 87.7 cm³/mol. The summed E-state index contributed by atoms with van der Waals surface area (Å²) in [7, 11) is 0. The van der Waals surface area contributed by atoms with Gasteiger partial charge in [0.05, 0.1) is 6.04 Å². The van der Waals surface area contributed by atoms with E-state index in [1.807, 2.05) is 20.8 Å². The number of hydrogen-bond donors (Lipinski definition) is 1. The first kappa shape index (κ1) is 15.8. The molecule has 1 aliphatic rings. The second kappa shape index (κ2) is 6.48. The SMILES string of the molecule is CC(C)(C)[S@+]([O-])NC(c1cc(Br)cs1)C1CCCC1. The van der Waals surface area contributed by atoms with E-state index in [0.717, 1.165) is 4.47 Å². The molecule has 1 aliphatic carbocycles. The Labute approximate surface area is 131 Å². The lowest BCUT2D eigenvalue weighted by molar-refractivity contribution is 0.410. The molecule has 0 saturated heterocycles. The van der Waals surface area contributed by atoms with Crippen LogP contribution in [-0.2, 0) is 11.4 Å². The smallest absolute Gasteiger partial charge is 0.136 e. The lowest BCUT2D eigenvalue weighted by Gasteiger charge is -2.30. The maximum Gasteiger partial charge on any atom is 0.136 e. The van der Waals surface area contributed by atoms with E-state index in [0.29, 0.717) is 5.92 Å². The molecule has 5 heteroatoms. The van der Waals surface area contributed by atoms with Crippen LogP contribution in [-0.4, -0.2) is 9.30 Å². The van der Waals surface area contributed by atoms with Crippen molar-refractivity contribution >= 4 is 38.6 Å². The van der Waals surface area contributed by atoms with Gasteiger partial charge in [0.15, 0.2) is 0 Å². The fraction of sp³-hybridized carbons (Fsp3) is 0.714. The van der Waals surface area contributed by atoms with Gasteiger partial charge in [0.2, 0.25) is 0 Å². The van der Waals surface area contributed by atoms with Crippen LogP contribution in [0.1, 0.15) is 57.4 Å². The van der Waals surface area contributed by atoms with Crippen LogP contribution in [0.5, 0.6) is 0 Å². The average molecular weight is 364 g/mol. The zero-order valence-electron chi connectivity index (χ0n) is 11.7. The minimum Gasteiger partial charge on any atom is -0.598 e. The summed E-state index contributed by atoms with van der Waals surface area (Å²) in [5, 5.41) is 2.11. The van der Waals surface area contributed by atoms with Crippen LogP contribution < -0.4 is 4.72 Å². The zero-order valence-corrected chi connectivity index (χ0v) is 15.0. The highest BCUT2D eigenvalue weighted by atomic mass is 79.9. The Morgan fingerprint density at radius 3 is 2.53 bits per heavy atom. The van der Waals surface area contributed by atoms with E-state index >= 15 is 0 Å². The maximum atomic E-state index is 12.4. The van der Waals surface area contributed by atoms with Crippen LogP contribution in [0.4, 0.5) is 0 Å². The van der Waals surface area contributed by atoms with Crippen LogP contribution in [0.3, 0.4) is 0 Å². The number of hydrogen-bond acceptors (Lipinski definition) is 3. The Kier molecular flexibility index (Phi) is 5.40. The predicted octanol–water partition coefficient (Wildman–Crippen LogP) is 4.79.